The summed E-state index contributed by atoms with van der Waals surface area (Å²) in [4.78, 5) is 18.9. The minimum Gasteiger partial charge on any atom is -0.376 e. The summed E-state index contributed by atoms with van der Waals surface area (Å²) < 4.78 is 7.69. The molecule has 170 valence electrons. The first-order valence-corrected chi connectivity index (χ1v) is 11.8. The summed E-state index contributed by atoms with van der Waals surface area (Å²) >= 11 is 0. The van der Waals surface area contributed by atoms with Crippen molar-refractivity contribution in [3.8, 4) is 0 Å². The van der Waals surface area contributed by atoms with Gasteiger partial charge in [0.25, 0.3) is 5.56 Å². The molecule has 8 nitrogen and oxygen atoms in total. The number of nitrogens with zero attached hydrogens (tertiary/aromatic N) is 5. The van der Waals surface area contributed by atoms with Crippen LogP contribution in [0.25, 0.3) is 10.9 Å². The first-order chi connectivity index (χ1) is 15.5. The molecule has 4 heterocycles. The molecule has 2 saturated heterocycles. The molecule has 8 heteroatoms. The van der Waals surface area contributed by atoms with Crippen LogP contribution in [0.15, 0.2) is 23.0 Å². The number of benzene rings is 1. The molecule has 0 bridgehead atoms. The Hall–Kier alpha value is -2.58. The highest BCUT2D eigenvalue weighted by atomic mass is 16.5. The molecule has 3 aromatic rings. The van der Waals surface area contributed by atoms with Crippen LogP contribution < -0.4 is 5.56 Å². The molecule has 2 aromatic heterocycles. The van der Waals surface area contributed by atoms with Gasteiger partial charge in [-0.1, -0.05) is 13.0 Å². The van der Waals surface area contributed by atoms with E-state index >= 15 is 0 Å². The Morgan fingerprint density at radius 2 is 2.09 bits per heavy atom. The van der Waals surface area contributed by atoms with E-state index in [1.807, 2.05) is 10.7 Å². The van der Waals surface area contributed by atoms with Crippen molar-refractivity contribution in [2.45, 2.75) is 65.1 Å². The van der Waals surface area contributed by atoms with Crippen molar-refractivity contribution < 1.29 is 4.74 Å². The summed E-state index contributed by atoms with van der Waals surface area (Å²) in [5, 5.41) is 13.8. The number of ether oxygens (including phenoxy) is 1. The van der Waals surface area contributed by atoms with Gasteiger partial charge in [0.2, 0.25) is 0 Å². The number of aryl methyl sites for hydroxylation is 2. The van der Waals surface area contributed by atoms with E-state index in [1.165, 1.54) is 6.42 Å². The number of rotatable bonds is 5. The summed E-state index contributed by atoms with van der Waals surface area (Å²) in [6.45, 7) is 9.67. The smallest absolute Gasteiger partial charge is 0.253 e. The zero-order chi connectivity index (χ0) is 22.2. The topological polar surface area (TPSA) is 88.9 Å². The van der Waals surface area contributed by atoms with E-state index < -0.39 is 0 Å². The number of fused-ring (bicyclic) bond motifs is 1. The highest BCUT2D eigenvalue weighted by Gasteiger charge is 2.33. The summed E-state index contributed by atoms with van der Waals surface area (Å²) in [6, 6.07) is 5.96. The van der Waals surface area contributed by atoms with E-state index in [9.17, 15) is 4.79 Å². The van der Waals surface area contributed by atoms with Gasteiger partial charge in [-0.25, -0.2) is 4.68 Å². The maximum Gasteiger partial charge on any atom is 0.253 e. The Kier molecular flexibility index (Phi) is 5.82. The fourth-order valence-corrected chi connectivity index (χ4v) is 5.37. The van der Waals surface area contributed by atoms with E-state index in [4.69, 9.17) is 4.74 Å². The van der Waals surface area contributed by atoms with Gasteiger partial charge >= 0.3 is 0 Å². The predicted octanol–water partition coefficient (Wildman–Crippen LogP) is 3.13. The SMILES string of the molecule is Cc1cc(C)c2cc([C@@H](c3nnnn3C[C@H]3CCCO3)N3CCC[C@H](C)C3)c(=O)[nH]c2c1. The molecule has 0 amide bonds. The first-order valence-electron chi connectivity index (χ1n) is 11.8. The quantitative estimate of drug-likeness (QED) is 0.661. The number of tetrazole rings is 1. The zero-order valence-electron chi connectivity index (χ0n) is 19.2. The molecule has 2 aliphatic rings. The third-order valence-corrected chi connectivity index (χ3v) is 6.89. The lowest BCUT2D eigenvalue weighted by Crippen LogP contribution is -2.41. The Morgan fingerprint density at radius 3 is 2.88 bits per heavy atom. The van der Waals surface area contributed by atoms with Crippen LogP contribution in [0.5, 0.6) is 0 Å². The second-order valence-electron chi connectivity index (χ2n) is 9.60. The number of aromatic nitrogens is 5. The molecule has 0 spiro atoms. The normalized spacial score (nSPS) is 23.1. The molecular formula is C24H32N6O2. The second-order valence-corrected chi connectivity index (χ2v) is 9.60. The summed E-state index contributed by atoms with van der Waals surface area (Å²) in [5.41, 5.74) is 3.81. The van der Waals surface area contributed by atoms with Gasteiger partial charge < -0.3 is 9.72 Å². The predicted molar refractivity (Wildman–Crippen MR) is 123 cm³/mol. The van der Waals surface area contributed by atoms with Crippen LogP contribution in [-0.2, 0) is 11.3 Å². The molecule has 0 radical (unpaired) electrons. The van der Waals surface area contributed by atoms with Gasteiger partial charge in [-0.3, -0.25) is 9.69 Å². The van der Waals surface area contributed by atoms with Gasteiger partial charge in [-0.2, -0.15) is 0 Å². The van der Waals surface area contributed by atoms with Gasteiger partial charge in [0.05, 0.1) is 12.6 Å². The fourth-order valence-electron chi connectivity index (χ4n) is 5.37. The van der Waals surface area contributed by atoms with Gasteiger partial charge in [-0.15, -0.1) is 5.10 Å². The number of pyridine rings is 1. The van der Waals surface area contributed by atoms with E-state index in [2.05, 4.69) is 58.3 Å². The van der Waals surface area contributed by atoms with Crippen molar-refractivity contribution in [1.82, 2.24) is 30.1 Å². The molecule has 0 saturated carbocycles. The molecule has 2 aliphatic heterocycles. The highest BCUT2D eigenvalue weighted by molar-refractivity contribution is 5.83. The molecule has 32 heavy (non-hydrogen) atoms. The van der Waals surface area contributed by atoms with Crippen molar-refractivity contribution in [2.24, 2.45) is 5.92 Å². The number of piperidine rings is 1. The lowest BCUT2D eigenvalue weighted by Gasteiger charge is -2.36. The lowest BCUT2D eigenvalue weighted by molar-refractivity contribution is 0.0889. The number of hydrogen-bond donors (Lipinski definition) is 1. The van der Waals surface area contributed by atoms with E-state index in [0.29, 0.717) is 18.0 Å². The van der Waals surface area contributed by atoms with Gasteiger partial charge in [0.15, 0.2) is 5.82 Å². The second kappa shape index (κ2) is 8.75. The molecule has 1 N–H and O–H groups in total. The number of H-pyrrole nitrogens is 1. The van der Waals surface area contributed by atoms with Crippen LogP contribution in [0.1, 0.15) is 61.2 Å². The Labute approximate surface area is 188 Å². The zero-order valence-corrected chi connectivity index (χ0v) is 19.2. The lowest BCUT2D eigenvalue weighted by atomic mass is 9.95. The Bertz CT molecular complexity index is 1160. The maximum atomic E-state index is 13.4. The van der Waals surface area contributed by atoms with Crippen molar-refractivity contribution in [3.05, 3.63) is 51.1 Å². The highest BCUT2D eigenvalue weighted by Crippen LogP contribution is 2.32. The van der Waals surface area contributed by atoms with Crippen LogP contribution in [-0.4, -0.2) is 55.9 Å². The number of nitrogens with one attached hydrogen (secondary N) is 1. The molecule has 3 atom stereocenters. The van der Waals surface area contributed by atoms with Crippen LogP contribution in [0, 0.1) is 19.8 Å². The molecule has 2 fully saturated rings. The van der Waals surface area contributed by atoms with Crippen molar-refractivity contribution >= 4 is 10.9 Å². The Morgan fingerprint density at radius 1 is 1.22 bits per heavy atom. The monoisotopic (exact) mass is 436 g/mol. The van der Waals surface area contributed by atoms with Crippen molar-refractivity contribution in [3.63, 3.8) is 0 Å². The van der Waals surface area contributed by atoms with E-state index in [-0.39, 0.29) is 17.7 Å². The third kappa shape index (κ3) is 4.09. The van der Waals surface area contributed by atoms with Gasteiger partial charge in [0, 0.05) is 29.6 Å². The molecular weight excluding hydrogens is 404 g/mol. The van der Waals surface area contributed by atoms with Crippen LogP contribution in [0.3, 0.4) is 0 Å². The first kappa shape index (κ1) is 21.3. The minimum absolute atomic E-state index is 0.0719. The summed E-state index contributed by atoms with van der Waals surface area (Å²) in [5.74, 6) is 1.29. The standard InChI is InChI=1S/C24H32N6O2/c1-15-6-4-8-29(13-15)22(23-26-27-28-30(23)14-18-7-5-9-32-18)20-12-19-17(3)10-16(2)11-21(19)25-24(20)31/h10-12,15,18,22H,4-9,13-14H2,1-3H3,(H,25,31)/t15-,18+,22-/m0/s1. The average Bonchev–Trinajstić information content (AvgIpc) is 3.42. The molecule has 0 unspecified atom stereocenters. The average molecular weight is 437 g/mol. The molecule has 0 aliphatic carbocycles. The van der Waals surface area contributed by atoms with E-state index in [1.54, 1.807) is 0 Å². The third-order valence-electron chi connectivity index (χ3n) is 6.89. The van der Waals surface area contributed by atoms with Crippen LogP contribution >= 0.6 is 0 Å². The molecule has 1 aromatic carbocycles. The summed E-state index contributed by atoms with van der Waals surface area (Å²) in [6.07, 6.45) is 4.52. The Balaban J connectivity index is 1.62. The van der Waals surface area contributed by atoms with Crippen LogP contribution in [0.2, 0.25) is 0 Å². The largest absolute Gasteiger partial charge is 0.376 e. The number of aromatic amines is 1. The number of likely N-dealkylation sites (tertiary alicyclic amines) is 1. The minimum atomic E-state index is -0.289. The van der Waals surface area contributed by atoms with Crippen molar-refractivity contribution in [1.29, 1.82) is 0 Å². The maximum absolute atomic E-state index is 13.4. The fraction of sp³-hybridized carbons (Fsp3) is 0.583. The number of hydrogen-bond acceptors (Lipinski definition) is 6. The van der Waals surface area contributed by atoms with Gasteiger partial charge in [0.1, 0.15) is 6.04 Å². The van der Waals surface area contributed by atoms with E-state index in [0.717, 1.165) is 66.8 Å². The van der Waals surface area contributed by atoms with Crippen LogP contribution in [0.4, 0.5) is 0 Å². The van der Waals surface area contributed by atoms with Crippen molar-refractivity contribution in [2.75, 3.05) is 19.7 Å². The molecule has 5 rings (SSSR count). The summed E-state index contributed by atoms with van der Waals surface area (Å²) in [7, 11) is 0. The van der Waals surface area contributed by atoms with Gasteiger partial charge in [-0.05, 0) is 85.7 Å².